The van der Waals surface area contributed by atoms with Gasteiger partial charge in [-0.2, -0.15) is 0 Å². The quantitative estimate of drug-likeness (QED) is 0.119. The molecule has 0 saturated carbocycles. The zero-order valence-electron chi connectivity index (χ0n) is 21.5. The topological polar surface area (TPSA) is 127 Å². The van der Waals surface area contributed by atoms with Crippen molar-refractivity contribution in [2.75, 3.05) is 9.80 Å². The van der Waals surface area contributed by atoms with Crippen LogP contribution in [0.2, 0.25) is 0 Å². The second kappa shape index (κ2) is 9.26. The Hall–Kier alpha value is -5.12. The molecule has 3 aromatic rings. The molecule has 0 aliphatic carbocycles. The smallest absolute Gasteiger partial charge is 0.308 e. The van der Waals surface area contributed by atoms with Crippen molar-refractivity contribution in [2.24, 2.45) is 11.8 Å². The minimum atomic E-state index is -0.986. The maximum Gasteiger partial charge on any atom is 0.308 e. The van der Waals surface area contributed by atoms with Crippen LogP contribution >= 0.6 is 0 Å². The highest BCUT2D eigenvalue weighted by Crippen LogP contribution is 2.50. The van der Waals surface area contributed by atoms with Crippen LogP contribution in [0.4, 0.5) is 17.1 Å². The van der Waals surface area contributed by atoms with Crippen molar-refractivity contribution in [2.45, 2.75) is 25.9 Å². The molecule has 3 aromatic carbocycles. The highest BCUT2D eigenvalue weighted by molar-refractivity contribution is 6.26. The molecule has 6 rings (SSSR count). The van der Waals surface area contributed by atoms with Crippen LogP contribution in [0, 0.1) is 28.9 Å². The van der Waals surface area contributed by atoms with E-state index in [1.807, 2.05) is 41.3 Å². The molecule has 4 atom stereocenters. The van der Waals surface area contributed by atoms with Crippen LogP contribution in [0.1, 0.15) is 28.4 Å². The molecule has 3 heterocycles. The number of rotatable bonds is 5. The van der Waals surface area contributed by atoms with Crippen LogP contribution < -0.4 is 14.5 Å². The lowest BCUT2D eigenvalue weighted by Gasteiger charge is -2.36. The number of nitro benzene ring substituents is 1. The van der Waals surface area contributed by atoms with Crippen molar-refractivity contribution in [3.8, 4) is 5.75 Å². The van der Waals surface area contributed by atoms with Gasteiger partial charge in [0.25, 0.3) is 5.69 Å². The number of Topliss-reactive ketones (excluding diaryl/α,β-unsaturated/α-hetero) is 1. The second-order valence-electron chi connectivity index (χ2n) is 10.0. The first kappa shape index (κ1) is 25.2. The van der Waals surface area contributed by atoms with E-state index in [4.69, 9.17) is 4.74 Å². The van der Waals surface area contributed by atoms with Gasteiger partial charge >= 0.3 is 5.97 Å². The van der Waals surface area contributed by atoms with E-state index < -0.39 is 46.6 Å². The molecule has 0 spiro atoms. The van der Waals surface area contributed by atoms with E-state index in [1.54, 1.807) is 6.92 Å². The van der Waals surface area contributed by atoms with Crippen LogP contribution in [0.5, 0.6) is 5.75 Å². The summed E-state index contributed by atoms with van der Waals surface area (Å²) < 4.78 is 5.09. The Bertz CT molecular complexity index is 1650. The number of esters is 1. The standard InChI is InChI=1S/C30H23N3O7/c1-16-15-20(33(38)39)10-14-22(16)32-29(36)25-24-13-9-18-5-3-4-6-23(18)31(24)27(26(25)30(32)37)28(35)19-7-11-21(12-8-19)40-17(2)34/h3-15,24-27H,1-2H3. The summed E-state index contributed by atoms with van der Waals surface area (Å²) in [4.78, 5) is 67.1. The lowest BCUT2D eigenvalue weighted by Crippen LogP contribution is -2.49. The van der Waals surface area contributed by atoms with E-state index in [9.17, 15) is 29.3 Å². The molecule has 10 heteroatoms. The van der Waals surface area contributed by atoms with Crippen molar-refractivity contribution in [1.82, 2.24) is 0 Å². The van der Waals surface area contributed by atoms with Crippen LogP contribution in [0.15, 0.2) is 72.8 Å². The number of ether oxygens (including phenoxy) is 1. The van der Waals surface area contributed by atoms with Crippen LogP contribution in [-0.4, -0.2) is 40.6 Å². The van der Waals surface area contributed by atoms with Crippen molar-refractivity contribution < 1.29 is 28.8 Å². The number of hydrogen-bond donors (Lipinski definition) is 0. The lowest BCUT2D eigenvalue weighted by molar-refractivity contribution is -0.384. The molecule has 0 aromatic heterocycles. The van der Waals surface area contributed by atoms with Gasteiger partial charge in [0.05, 0.1) is 28.5 Å². The Kier molecular flexibility index (Phi) is 5.83. The number of nitro groups is 1. The molecule has 40 heavy (non-hydrogen) atoms. The van der Waals surface area contributed by atoms with Gasteiger partial charge in [0.2, 0.25) is 11.8 Å². The molecule has 0 radical (unpaired) electrons. The van der Waals surface area contributed by atoms with Gasteiger partial charge in [0.15, 0.2) is 5.78 Å². The monoisotopic (exact) mass is 537 g/mol. The lowest BCUT2D eigenvalue weighted by atomic mass is 9.86. The summed E-state index contributed by atoms with van der Waals surface area (Å²) in [6.07, 6.45) is 3.75. The summed E-state index contributed by atoms with van der Waals surface area (Å²) in [6.45, 7) is 2.88. The minimum absolute atomic E-state index is 0.149. The molecule has 10 nitrogen and oxygen atoms in total. The summed E-state index contributed by atoms with van der Waals surface area (Å²) in [5, 5.41) is 11.2. The third-order valence-electron chi connectivity index (χ3n) is 7.72. The van der Waals surface area contributed by atoms with Crippen LogP contribution in [0.3, 0.4) is 0 Å². The molecule has 3 aliphatic heterocycles. The number of carbonyl (C=O) groups excluding carboxylic acids is 4. The third-order valence-corrected chi connectivity index (χ3v) is 7.72. The number of nitrogens with zero attached hydrogens (tertiary/aromatic N) is 3. The van der Waals surface area contributed by atoms with Gasteiger partial charge in [-0.15, -0.1) is 0 Å². The van der Waals surface area contributed by atoms with Gasteiger partial charge < -0.3 is 9.64 Å². The number of benzene rings is 3. The number of hydrogen-bond acceptors (Lipinski definition) is 8. The largest absolute Gasteiger partial charge is 0.427 e. The highest BCUT2D eigenvalue weighted by Gasteiger charge is 2.64. The third kappa shape index (κ3) is 3.79. The number of ketones is 1. The molecule has 0 bridgehead atoms. The molecule has 2 fully saturated rings. The van der Waals surface area contributed by atoms with E-state index in [1.165, 1.54) is 49.4 Å². The SMILES string of the molecule is CC(=O)Oc1ccc(C(=O)C2C3C(=O)N(c4ccc([N+](=O)[O-])cc4C)C(=O)C3C3C=Cc4ccccc4N32)cc1. The maximum atomic E-state index is 14.1. The van der Waals surface area contributed by atoms with E-state index in [0.29, 0.717) is 11.1 Å². The zero-order chi connectivity index (χ0) is 28.3. The van der Waals surface area contributed by atoms with Gasteiger partial charge in [-0.1, -0.05) is 30.4 Å². The number of aryl methyl sites for hydroxylation is 1. The number of imide groups is 1. The molecular formula is C30H23N3O7. The Balaban J connectivity index is 1.44. The van der Waals surface area contributed by atoms with Crippen molar-refractivity contribution in [3.63, 3.8) is 0 Å². The van der Waals surface area contributed by atoms with Gasteiger partial charge in [0.1, 0.15) is 11.8 Å². The summed E-state index contributed by atoms with van der Waals surface area (Å²) in [7, 11) is 0. The van der Waals surface area contributed by atoms with Crippen LogP contribution in [0.25, 0.3) is 6.08 Å². The molecule has 200 valence electrons. The first-order valence-corrected chi connectivity index (χ1v) is 12.7. The number of anilines is 2. The average Bonchev–Trinajstić information content (AvgIpc) is 3.41. The fourth-order valence-corrected chi connectivity index (χ4v) is 6.08. The predicted molar refractivity (Wildman–Crippen MR) is 145 cm³/mol. The first-order valence-electron chi connectivity index (χ1n) is 12.7. The Morgan fingerprint density at radius 2 is 1.62 bits per heavy atom. The van der Waals surface area contributed by atoms with Gasteiger partial charge in [-0.3, -0.25) is 29.3 Å². The van der Waals surface area contributed by atoms with Crippen molar-refractivity contribution >= 4 is 46.7 Å². The first-order chi connectivity index (χ1) is 19.2. The molecule has 3 aliphatic rings. The summed E-state index contributed by atoms with van der Waals surface area (Å²) in [5.41, 5.74) is 2.43. The molecular weight excluding hydrogens is 514 g/mol. The van der Waals surface area contributed by atoms with Crippen LogP contribution in [-0.2, 0) is 14.4 Å². The van der Waals surface area contributed by atoms with Gasteiger partial charge in [-0.05, 0) is 54.4 Å². The van der Waals surface area contributed by atoms with E-state index in [0.717, 1.165) is 16.2 Å². The molecule has 2 saturated heterocycles. The zero-order valence-corrected chi connectivity index (χ0v) is 21.5. The predicted octanol–water partition coefficient (Wildman–Crippen LogP) is 4.10. The molecule has 4 unspecified atom stereocenters. The Morgan fingerprint density at radius 1 is 0.925 bits per heavy atom. The summed E-state index contributed by atoms with van der Waals surface area (Å²) >= 11 is 0. The summed E-state index contributed by atoms with van der Waals surface area (Å²) in [5.74, 6) is -3.35. The van der Waals surface area contributed by atoms with E-state index >= 15 is 0 Å². The van der Waals surface area contributed by atoms with Gasteiger partial charge in [0, 0.05) is 30.3 Å². The van der Waals surface area contributed by atoms with E-state index in [2.05, 4.69) is 0 Å². The maximum absolute atomic E-state index is 14.1. The normalized spacial score (nSPS) is 22.6. The fraction of sp³-hybridized carbons (Fsp3) is 0.200. The van der Waals surface area contributed by atoms with Crippen molar-refractivity contribution in [3.05, 3.63) is 99.6 Å². The van der Waals surface area contributed by atoms with E-state index in [-0.39, 0.29) is 22.9 Å². The fourth-order valence-electron chi connectivity index (χ4n) is 6.08. The van der Waals surface area contributed by atoms with Crippen molar-refractivity contribution in [1.29, 1.82) is 0 Å². The number of non-ortho nitro benzene ring substituents is 1. The minimum Gasteiger partial charge on any atom is -0.427 e. The number of para-hydroxylation sites is 1. The summed E-state index contributed by atoms with van der Waals surface area (Å²) in [6, 6.07) is 16.0. The highest BCUT2D eigenvalue weighted by atomic mass is 16.6. The Morgan fingerprint density at radius 3 is 2.30 bits per heavy atom. The molecule has 0 N–H and O–H groups in total. The van der Waals surface area contributed by atoms with Gasteiger partial charge in [-0.25, -0.2) is 4.90 Å². The number of fused-ring (bicyclic) bond motifs is 5. The second-order valence-corrected chi connectivity index (χ2v) is 10.0. The molecule has 2 amide bonds. The number of amides is 2. The average molecular weight is 538 g/mol. The number of carbonyl (C=O) groups is 4. The Labute approximate surface area is 228 Å².